The molecule has 1 N–H and O–H groups in total. The van der Waals surface area contributed by atoms with Crippen LogP contribution in [0.25, 0.3) is 10.9 Å². The Balaban J connectivity index is 2.04. The molecular weight excluding hydrogens is 262 g/mol. The van der Waals surface area contributed by atoms with Crippen molar-refractivity contribution in [3.8, 4) is 5.75 Å². The van der Waals surface area contributed by atoms with Crippen LogP contribution in [-0.2, 0) is 19.9 Å². The van der Waals surface area contributed by atoms with Gasteiger partial charge in [-0.25, -0.2) is 0 Å². The molecular formula is C18H17NO2. The van der Waals surface area contributed by atoms with E-state index in [0.29, 0.717) is 12.0 Å². The molecule has 1 aromatic heterocycles. The van der Waals surface area contributed by atoms with E-state index in [2.05, 4.69) is 0 Å². The Bertz CT molecular complexity index is 835. The summed E-state index contributed by atoms with van der Waals surface area (Å²) in [5.41, 5.74) is 2.28. The van der Waals surface area contributed by atoms with Gasteiger partial charge < -0.3 is 9.67 Å². The molecule has 0 aliphatic carbocycles. The van der Waals surface area contributed by atoms with Crippen LogP contribution in [0.2, 0.25) is 0 Å². The van der Waals surface area contributed by atoms with Gasteiger partial charge in [0.25, 0.3) is 5.56 Å². The molecule has 0 bridgehead atoms. The van der Waals surface area contributed by atoms with Crippen molar-refractivity contribution in [2.24, 2.45) is 7.05 Å². The predicted molar refractivity (Wildman–Crippen MR) is 84.7 cm³/mol. The van der Waals surface area contributed by atoms with Crippen molar-refractivity contribution < 1.29 is 5.11 Å². The Morgan fingerprint density at radius 2 is 1.62 bits per heavy atom. The van der Waals surface area contributed by atoms with Crippen molar-refractivity contribution in [2.75, 3.05) is 0 Å². The van der Waals surface area contributed by atoms with Crippen LogP contribution in [0, 0.1) is 0 Å². The maximum absolute atomic E-state index is 12.4. The van der Waals surface area contributed by atoms with Crippen LogP contribution < -0.4 is 5.56 Å². The van der Waals surface area contributed by atoms with Crippen molar-refractivity contribution in [2.45, 2.75) is 12.8 Å². The van der Waals surface area contributed by atoms with Crippen molar-refractivity contribution in [3.05, 3.63) is 76.1 Å². The predicted octanol–water partition coefficient (Wildman–Crippen LogP) is 3.03. The van der Waals surface area contributed by atoms with E-state index in [1.54, 1.807) is 11.6 Å². The minimum Gasteiger partial charge on any atom is -0.507 e. The quantitative estimate of drug-likeness (QED) is 0.800. The molecule has 1 heterocycles. The van der Waals surface area contributed by atoms with Crippen molar-refractivity contribution in [1.29, 1.82) is 0 Å². The molecule has 106 valence electrons. The molecule has 3 heteroatoms. The van der Waals surface area contributed by atoms with Gasteiger partial charge in [-0.1, -0.05) is 42.5 Å². The molecule has 0 fully saturated rings. The van der Waals surface area contributed by atoms with Crippen LogP contribution >= 0.6 is 0 Å². The fourth-order valence-electron chi connectivity index (χ4n) is 2.68. The Kier molecular flexibility index (Phi) is 3.48. The third-order valence-corrected chi connectivity index (χ3v) is 3.88. The number of pyridine rings is 1. The number of aromatic nitrogens is 1. The highest BCUT2D eigenvalue weighted by Gasteiger charge is 2.13. The monoisotopic (exact) mass is 279 g/mol. The van der Waals surface area contributed by atoms with Gasteiger partial charge in [0.15, 0.2) is 0 Å². The zero-order chi connectivity index (χ0) is 14.8. The number of para-hydroxylation sites is 1. The van der Waals surface area contributed by atoms with Crippen molar-refractivity contribution in [1.82, 2.24) is 4.57 Å². The molecule has 0 amide bonds. The summed E-state index contributed by atoms with van der Waals surface area (Å²) < 4.78 is 1.61. The van der Waals surface area contributed by atoms with Crippen molar-refractivity contribution >= 4 is 10.9 Å². The summed E-state index contributed by atoms with van der Waals surface area (Å²) >= 11 is 0. The largest absolute Gasteiger partial charge is 0.507 e. The lowest BCUT2D eigenvalue weighted by molar-refractivity contribution is 0.471. The van der Waals surface area contributed by atoms with E-state index in [4.69, 9.17) is 0 Å². The first-order chi connectivity index (χ1) is 10.2. The Morgan fingerprint density at radius 3 is 2.38 bits per heavy atom. The molecule has 3 nitrogen and oxygen atoms in total. The first kappa shape index (κ1) is 13.4. The van der Waals surface area contributed by atoms with E-state index in [0.717, 1.165) is 22.9 Å². The average Bonchev–Trinajstić information content (AvgIpc) is 2.54. The standard InChI is InChI=1S/C18H17NO2/c1-19-16-10-6-5-9-14(16)17(20)15(18(19)21)12-11-13-7-3-2-4-8-13/h2-10,20H,11-12H2,1H3. The lowest BCUT2D eigenvalue weighted by Gasteiger charge is -2.11. The molecule has 0 spiro atoms. The zero-order valence-electron chi connectivity index (χ0n) is 11.9. The summed E-state index contributed by atoms with van der Waals surface area (Å²) in [6, 6.07) is 17.4. The van der Waals surface area contributed by atoms with E-state index < -0.39 is 0 Å². The number of hydrogen-bond donors (Lipinski definition) is 1. The van der Waals surface area contributed by atoms with Crippen LogP contribution in [0.4, 0.5) is 0 Å². The van der Waals surface area contributed by atoms with Gasteiger partial charge in [-0.15, -0.1) is 0 Å². The normalized spacial score (nSPS) is 10.9. The highest BCUT2D eigenvalue weighted by molar-refractivity contribution is 5.86. The zero-order valence-corrected chi connectivity index (χ0v) is 11.9. The summed E-state index contributed by atoms with van der Waals surface area (Å²) in [6.45, 7) is 0. The van der Waals surface area contributed by atoms with Gasteiger partial charge >= 0.3 is 0 Å². The lowest BCUT2D eigenvalue weighted by atomic mass is 10.0. The summed E-state index contributed by atoms with van der Waals surface area (Å²) in [5.74, 6) is 0.115. The van der Waals surface area contributed by atoms with Crippen LogP contribution in [0.15, 0.2) is 59.4 Å². The number of nitrogens with zero attached hydrogens (tertiary/aromatic N) is 1. The third-order valence-electron chi connectivity index (χ3n) is 3.88. The summed E-state index contributed by atoms with van der Waals surface area (Å²) in [5, 5.41) is 11.1. The van der Waals surface area contributed by atoms with E-state index in [1.165, 1.54) is 0 Å². The van der Waals surface area contributed by atoms with Gasteiger partial charge in [0, 0.05) is 12.4 Å². The van der Waals surface area contributed by atoms with Gasteiger partial charge in [0.05, 0.1) is 11.1 Å². The Labute approximate surface area is 123 Å². The van der Waals surface area contributed by atoms with Gasteiger partial charge in [0.1, 0.15) is 5.75 Å². The smallest absolute Gasteiger partial charge is 0.257 e. The van der Waals surface area contributed by atoms with E-state index in [-0.39, 0.29) is 11.3 Å². The van der Waals surface area contributed by atoms with E-state index in [9.17, 15) is 9.90 Å². The van der Waals surface area contributed by atoms with Crippen molar-refractivity contribution in [3.63, 3.8) is 0 Å². The molecule has 0 saturated heterocycles. The van der Waals surface area contributed by atoms with Gasteiger partial charge in [-0.2, -0.15) is 0 Å². The second kappa shape index (κ2) is 5.44. The summed E-state index contributed by atoms with van der Waals surface area (Å²) in [4.78, 5) is 12.4. The average molecular weight is 279 g/mol. The second-order valence-electron chi connectivity index (χ2n) is 5.19. The minimum atomic E-state index is -0.123. The molecule has 3 rings (SSSR count). The molecule has 0 saturated carbocycles. The molecule has 0 unspecified atom stereocenters. The molecule has 0 aliphatic rings. The SMILES string of the molecule is Cn1c(=O)c(CCc2ccccc2)c(O)c2ccccc21. The lowest BCUT2D eigenvalue weighted by Crippen LogP contribution is -2.22. The molecule has 0 aliphatic heterocycles. The molecule has 0 radical (unpaired) electrons. The topological polar surface area (TPSA) is 42.2 Å². The number of aryl methyl sites for hydroxylation is 2. The van der Waals surface area contributed by atoms with Gasteiger partial charge in [0.2, 0.25) is 0 Å². The number of hydrogen-bond acceptors (Lipinski definition) is 2. The molecule has 3 aromatic rings. The number of fused-ring (bicyclic) bond motifs is 1. The third kappa shape index (κ3) is 2.42. The van der Waals surface area contributed by atoms with Crippen LogP contribution in [0.1, 0.15) is 11.1 Å². The van der Waals surface area contributed by atoms with Crippen LogP contribution in [0.3, 0.4) is 0 Å². The van der Waals surface area contributed by atoms with E-state index in [1.807, 2.05) is 54.6 Å². The highest BCUT2D eigenvalue weighted by atomic mass is 16.3. The first-order valence-corrected chi connectivity index (χ1v) is 7.02. The molecule has 2 aromatic carbocycles. The maximum atomic E-state index is 12.4. The number of aromatic hydroxyl groups is 1. The first-order valence-electron chi connectivity index (χ1n) is 7.02. The molecule has 21 heavy (non-hydrogen) atoms. The van der Waals surface area contributed by atoms with Crippen LogP contribution in [-0.4, -0.2) is 9.67 Å². The molecule has 0 atom stereocenters. The summed E-state index contributed by atoms with van der Waals surface area (Å²) in [7, 11) is 1.75. The van der Waals surface area contributed by atoms with Gasteiger partial charge in [-0.3, -0.25) is 4.79 Å². The fraction of sp³-hybridized carbons (Fsp3) is 0.167. The van der Waals surface area contributed by atoms with Gasteiger partial charge in [-0.05, 0) is 30.5 Å². The minimum absolute atomic E-state index is 0.115. The fourth-order valence-corrected chi connectivity index (χ4v) is 2.68. The Morgan fingerprint density at radius 1 is 0.952 bits per heavy atom. The van der Waals surface area contributed by atoms with Crippen LogP contribution in [0.5, 0.6) is 5.75 Å². The number of benzene rings is 2. The highest BCUT2D eigenvalue weighted by Crippen LogP contribution is 2.26. The second-order valence-corrected chi connectivity index (χ2v) is 5.19. The summed E-state index contributed by atoms with van der Waals surface area (Å²) in [6.07, 6.45) is 1.27. The Hall–Kier alpha value is -2.55. The van der Waals surface area contributed by atoms with E-state index >= 15 is 0 Å². The maximum Gasteiger partial charge on any atom is 0.257 e. The number of rotatable bonds is 3.